The molecule has 22 heteroatoms. The summed E-state index contributed by atoms with van der Waals surface area (Å²) in [6, 6.07) is 0.278. The van der Waals surface area contributed by atoms with Gasteiger partial charge in [0.2, 0.25) is 53.2 Å². The van der Waals surface area contributed by atoms with E-state index in [1.807, 2.05) is 27.4 Å². The van der Waals surface area contributed by atoms with Crippen LogP contribution < -0.4 is 42.5 Å². The molecule has 0 saturated heterocycles. The van der Waals surface area contributed by atoms with E-state index in [-0.39, 0.29) is 133 Å². The summed E-state index contributed by atoms with van der Waals surface area (Å²) in [6.07, 6.45) is 6.71. The lowest BCUT2D eigenvalue weighted by atomic mass is 9.98. The number of ketones is 2. The monoisotopic (exact) mass is 1070 g/mol. The van der Waals surface area contributed by atoms with Gasteiger partial charge < -0.3 is 52.0 Å². The zero-order valence-corrected chi connectivity index (χ0v) is 45.1. The van der Waals surface area contributed by atoms with Gasteiger partial charge in [-0.15, -0.1) is 0 Å². The number of Topliss-reactive ketones (excluding diaryl/α,β-unsaturated/α-hetero) is 2. The van der Waals surface area contributed by atoms with Crippen LogP contribution in [-0.2, 0) is 57.3 Å². The number of unbranched alkanes of at least 4 members (excludes halogenated alkanes) is 1. The number of hydrogen-bond donors (Lipinski definition) is 8. The van der Waals surface area contributed by atoms with E-state index >= 15 is 0 Å². The fourth-order valence-corrected chi connectivity index (χ4v) is 5.89. The lowest BCUT2D eigenvalue weighted by Crippen LogP contribution is -2.47. The summed E-state index contributed by atoms with van der Waals surface area (Å²) in [6.45, 7) is 27.9. The van der Waals surface area contributed by atoms with Crippen LogP contribution in [0, 0.1) is 17.8 Å². The van der Waals surface area contributed by atoms with Gasteiger partial charge in [0.05, 0.1) is 25.4 Å². The average molecular weight is 1070 g/mol. The van der Waals surface area contributed by atoms with Gasteiger partial charge in [0.15, 0.2) is 0 Å². The number of amides is 9. The average Bonchev–Trinajstić information content (AvgIpc) is 3.23. The second kappa shape index (κ2) is 59.5. The molecule has 0 saturated carbocycles. The van der Waals surface area contributed by atoms with Gasteiger partial charge in [-0.3, -0.25) is 52.7 Å². The molecule has 21 nitrogen and oxygen atoms in total. The third kappa shape index (κ3) is 71.3. The predicted molar refractivity (Wildman–Crippen MR) is 300 cm³/mol. The minimum absolute atomic E-state index is 0. The van der Waals surface area contributed by atoms with Gasteiger partial charge in [-0.05, 0) is 77.3 Å². The fraction of sp³-hybridized carbons (Fsp3) is 0.784. The summed E-state index contributed by atoms with van der Waals surface area (Å²) in [5, 5.41) is 21.6. The Morgan fingerprint density at radius 3 is 1.00 bits per heavy atom. The van der Waals surface area contributed by atoms with Crippen molar-refractivity contribution in [2.24, 2.45) is 17.8 Å². The normalized spacial score (nSPS) is 10.0. The first kappa shape index (κ1) is 90.7. The largest absolute Gasteiger partial charge is 0.362 e. The maximum absolute atomic E-state index is 11.9. The molecule has 73 heavy (non-hydrogen) atoms. The van der Waals surface area contributed by atoms with Crippen molar-refractivity contribution in [1.82, 2.24) is 47.4 Å². The summed E-state index contributed by atoms with van der Waals surface area (Å²) >= 11 is 0. The molecule has 0 aliphatic rings. The van der Waals surface area contributed by atoms with E-state index in [9.17, 15) is 52.7 Å². The molecule has 436 valence electrons. The van der Waals surface area contributed by atoms with E-state index in [0.717, 1.165) is 45.1 Å². The standard InChI is InChI=1S/C11H22N2O2.C10H20N3O4P.2C9H18N2O2.C7H12O2.5CH4/c1-4-11(13-10(3)15)7-5-6-8-12-9(2)14;1-8(14)11-6-13(7-12-9(2)15)10(16)5-18(4)17-3;2*1-4-9(5-10-7(2)12)6-11-8(3)13;1-4-7(5(2)8)6(3)9;;;;;/h11H,4-8H2,1-3H3,(H,12,14)(H,13,15);5-7H2,1-4H3,(H,11,14)(H,12,15);2*9H,4-6H2,1-3H3,(H,10,12)(H,11,13);7H,4H2,1-3H3;5*1H4. The van der Waals surface area contributed by atoms with Crippen molar-refractivity contribution in [2.75, 3.05) is 66.0 Å². The predicted octanol–water partition coefficient (Wildman–Crippen LogP) is 5.82. The molecule has 0 aromatic rings. The number of carbonyl (C=O) groups excluding carboxylic acids is 11. The van der Waals surface area contributed by atoms with Crippen LogP contribution >= 0.6 is 8.15 Å². The highest BCUT2D eigenvalue weighted by atomic mass is 31.1. The van der Waals surface area contributed by atoms with E-state index in [1.54, 1.807) is 14.0 Å². The maximum Gasteiger partial charge on any atom is 0.231 e. The highest BCUT2D eigenvalue weighted by Gasteiger charge is 2.18. The molecule has 0 heterocycles. The van der Waals surface area contributed by atoms with Crippen LogP contribution in [0.1, 0.15) is 179 Å². The van der Waals surface area contributed by atoms with E-state index in [1.165, 1.54) is 67.2 Å². The molecular weight excluding hydrogens is 962 g/mol. The van der Waals surface area contributed by atoms with Crippen molar-refractivity contribution in [1.29, 1.82) is 0 Å². The molecule has 0 fully saturated rings. The van der Waals surface area contributed by atoms with Gasteiger partial charge in [0, 0.05) is 109 Å². The van der Waals surface area contributed by atoms with Crippen LogP contribution in [0.2, 0.25) is 0 Å². The molecule has 0 radical (unpaired) electrons. The van der Waals surface area contributed by atoms with Crippen LogP contribution in [0.4, 0.5) is 0 Å². The summed E-state index contributed by atoms with van der Waals surface area (Å²) in [5.41, 5.74) is 0. The van der Waals surface area contributed by atoms with Crippen molar-refractivity contribution in [3.63, 3.8) is 0 Å². The van der Waals surface area contributed by atoms with Gasteiger partial charge in [-0.2, -0.15) is 0 Å². The fourth-order valence-electron chi connectivity index (χ4n) is 5.18. The SMILES string of the molecule is C.C.C.C.C.CCC(C(C)=O)C(C)=O.CCC(CCCCNC(C)=O)NC(C)=O.CCC(CNC(C)=O)CNC(C)=O.CCC(CNC(C)=O)CNC(C)=O.COP(C)CC(=O)N(CNC(C)=O)CNC(C)=O. The van der Waals surface area contributed by atoms with Crippen molar-refractivity contribution < 1.29 is 57.3 Å². The highest BCUT2D eigenvalue weighted by molar-refractivity contribution is 7.52. The molecule has 9 amide bonds. The second-order valence-corrected chi connectivity index (χ2v) is 17.9. The van der Waals surface area contributed by atoms with E-state index in [2.05, 4.69) is 49.5 Å². The van der Waals surface area contributed by atoms with E-state index < -0.39 is 8.15 Å². The Morgan fingerprint density at radius 2 is 0.781 bits per heavy atom. The maximum atomic E-state index is 11.9. The third-order valence-corrected chi connectivity index (χ3v) is 10.8. The van der Waals surface area contributed by atoms with Crippen molar-refractivity contribution in [3.05, 3.63) is 0 Å². The number of carbonyl (C=O) groups is 11. The molecule has 0 aromatic carbocycles. The number of rotatable bonds is 27. The Bertz CT molecular complexity index is 1400. The minimum Gasteiger partial charge on any atom is -0.362 e. The Balaban J connectivity index is -0.0000000847. The third-order valence-electron chi connectivity index (χ3n) is 9.42. The molecule has 2 unspecified atom stereocenters. The zero-order chi connectivity index (χ0) is 53.8. The van der Waals surface area contributed by atoms with Gasteiger partial charge in [0.25, 0.3) is 0 Å². The van der Waals surface area contributed by atoms with Gasteiger partial charge in [-0.1, -0.05) is 64.8 Å². The molecule has 0 aliphatic carbocycles. The van der Waals surface area contributed by atoms with E-state index in [0.29, 0.717) is 44.4 Å². The Morgan fingerprint density at radius 1 is 0.452 bits per heavy atom. The smallest absolute Gasteiger partial charge is 0.231 e. The molecule has 0 rings (SSSR count). The topological polar surface area (TPSA) is 296 Å². The quantitative estimate of drug-likeness (QED) is 0.0209. The highest BCUT2D eigenvalue weighted by Crippen LogP contribution is 2.30. The Kier molecular flexibility index (Phi) is 74.0. The molecule has 0 spiro atoms. The second-order valence-electron chi connectivity index (χ2n) is 15.9. The van der Waals surface area contributed by atoms with Crippen LogP contribution in [0.25, 0.3) is 0 Å². The molecule has 0 bridgehead atoms. The Hall–Kier alpha value is -5.04. The number of nitrogens with zero attached hydrogens (tertiary/aromatic N) is 1. The first-order chi connectivity index (χ1) is 31.6. The summed E-state index contributed by atoms with van der Waals surface area (Å²) in [4.78, 5) is 120. The van der Waals surface area contributed by atoms with Gasteiger partial charge >= 0.3 is 0 Å². The number of hydrogen-bond acceptors (Lipinski definition) is 12. The summed E-state index contributed by atoms with van der Waals surface area (Å²) in [5.74, 6) is -0.450. The lowest BCUT2D eigenvalue weighted by molar-refractivity contribution is -0.132. The number of nitrogens with one attached hydrogen (secondary N) is 8. The van der Waals surface area contributed by atoms with Crippen LogP contribution in [0.3, 0.4) is 0 Å². The lowest BCUT2D eigenvalue weighted by Gasteiger charge is -2.24. The van der Waals surface area contributed by atoms with Gasteiger partial charge in [0.1, 0.15) is 11.6 Å². The molecule has 2 atom stereocenters. The molecular formula is C51H110N9O12P. The summed E-state index contributed by atoms with van der Waals surface area (Å²) < 4.78 is 5.06. The first-order valence-electron chi connectivity index (χ1n) is 23.2. The van der Waals surface area contributed by atoms with Crippen molar-refractivity contribution in [3.8, 4) is 0 Å². The molecule has 0 aromatic heterocycles. The van der Waals surface area contributed by atoms with Crippen LogP contribution in [-0.4, -0.2) is 142 Å². The van der Waals surface area contributed by atoms with Crippen molar-refractivity contribution >= 4 is 72.9 Å². The Labute approximate surface area is 445 Å². The zero-order valence-electron chi connectivity index (χ0n) is 44.2. The molecule has 8 N–H and O–H groups in total. The summed E-state index contributed by atoms with van der Waals surface area (Å²) in [7, 11) is 0.728. The van der Waals surface area contributed by atoms with Gasteiger partial charge in [-0.25, -0.2) is 0 Å². The minimum atomic E-state index is -0.819. The van der Waals surface area contributed by atoms with Crippen LogP contribution in [0.5, 0.6) is 0 Å². The molecule has 0 aliphatic heterocycles. The van der Waals surface area contributed by atoms with E-state index in [4.69, 9.17) is 4.52 Å². The van der Waals surface area contributed by atoms with Crippen molar-refractivity contribution in [2.45, 2.75) is 185 Å². The first-order valence-corrected chi connectivity index (χ1v) is 25.0. The van der Waals surface area contributed by atoms with Crippen LogP contribution in [0.15, 0.2) is 0 Å².